The van der Waals surface area contributed by atoms with Crippen molar-refractivity contribution in [1.82, 2.24) is 10.6 Å². The fourth-order valence-corrected chi connectivity index (χ4v) is 2.62. The van der Waals surface area contributed by atoms with E-state index in [2.05, 4.69) is 16.0 Å². The Balaban J connectivity index is 1.61. The number of rotatable bonds is 5. The number of hydrogen-bond donors (Lipinski definition) is 3. The Bertz CT molecular complexity index is 838. The Labute approximate surface area is 143 Å². The smallest absolute Gasteiger partial charge is 0.322 e. The predicted molar refractivity (Wildman–Crippen MR) is 89.2 cm³/mol. The second kappa shape index (κ2) is 7.12. The predicted octanol–water partition coefficient (Wildman–Crippen LogP) is 2.28. The van der Waals surface area contributed by atoms with Crippen molar-refractivity contribution in [3.8, 4) is 0 Å². The number of carbonyl (C=O) groups is 3. The topological polar surface area (TPSA) is 87.3 Å². The molecular formula is C18H16FN3O3. The quantitative estimate of drug-likeness (QED) is 0.729. The van der Waals surface area contributed by atoms with Gasteiger partial charge in [-0.15, -0.1) is 0 Å². The normalized spacial score (nSPS) is 16.3. The van der Waals surface area contributed by atoms with Gasteiger partial charge in [0.05, 0.1) is 0 Å². The first-order chi connectivity index (χ1) is 12.0. The molecule has 1 heterocycles. The first kappa shape index (κ1) is 16.6. The Hall–Kier alpha value is -3.22. The van der Waals surface area contributed by atoms with Crippen molar-refractivity contribution in [1.29, 1.82) is 0 Å². The molecule has 0 aromatic heterocycles. The van der Waals surface area contributed by atoms with Crippen molar-refractivity contribution >= 4 is 23.5 Å². The van der Waals surface area contributed by atoms with E-state index < -0.39 is 18.0 Å². The van der Waals surface area contributed by atoms with Gasteiger partial charge in [-0.1, -0.05) is 24.3 Å². The molecule has 2 aromatic carbocycles. The molecule has 0 saturated carbocycles. The molecule has 3 N–H and O–H groups in total. The van der Waals surface area contributed by atoms with Crippen molar-refractivity contribution in [3.63, 3.8) is 0 Å². The van der Waals surface area contributed by atoms with E-state index >= 15 is 0 Å². The zero-order valence-corrected chi connectivity index (χ0v) is 13.2. The lowest BCUT2D eigenvalue weighted by atomic mass is 10.1. The van der Waals surface area contributed by atoms with E-state index in [-0.39, 0.29) is 18.1 Å². The molecule has 1 saturated heterocycles. The van der Waals surface area contributed by atoms with Gasteiger partial charge in [-0.25, -0.2) is 9.18 Å². The van der Waals surface area contributed by atoms with Crippen LogP contribution in [0, 0.1) is 5.82 Å². The number of amides is 4. The molecule has 25 heavy (non-hydrogen) atoms. The van der Waals surface area contributed by atoms with Crippen LogP contribution in [0.1, 0.15) is 23.6 Å². The van der Waals surface area contributed by atoms with Gasteiger partial charge < -0.3 is 10.6 Å². The van der Waals surface area contributed by atoms with E-state index in [1.807, 2.05) is 0 Å². The van der Waals surface area contributed by atoms with Crippen LogP contribution in [0.5, 0.6) is 0 Å². The van der Waals surface area contributed by atoms with E-state index in [9.17, 15) is 18.8 Å². The first-order valence-electron chi connectivity index (χ1n) is 7.77. The fourth-order valence-electron chi connectivity index (χ4n) is 2.62. The number of halogens is 1. The van der Waals surface area contributed by atoms with Gasteiger partial charge in [0.25, 0.3) is 5.91 Å². The molecule has 7 heteroatoms. The number of carbonyl (C=O) groups excluding carboxylic acids is 3. The van der Waals surface area contributed by atoms with Gasteiger partial charge in [0, 0.05) is 12.1 Å². The monoisotopic (exact) mass is 341 g/mol. The van der Waals surface area contributed by atoms with Crippen LogP contribution in [0.25, 0.3) is 0 Å². The highest BCUT2D eigenvalue weighted by molar-refractivity contribution is 6.04. The number of aryl methyl sites for hydroxylation is 1. The summed E-state index contributed by atoms with van der Waals surface area (Å²) >= 11 is 0. The number of hydrogen-bond acceptors (Lipinski definition) is 3. The summed E-state index contributed by atoms with van der Waals surface area (Å²) in [5, 5.41) is 7.41. The lowest BCUT2D eigenvalue weighted by Gasteiger charge is -2.11. The lowest BCUT2D eigenvalue weighted by Crippen LogP contribution is -2.22. The maximum Gasteiger partial charge on any atom is 0.322 e. The number of imide groups is 1. The van der Waals surface area contributed by atoms with Crippen molar-refractivity contribution in [2.75, 3.05) is 5.32 Å². The molecule has 0 radical (unpaired) electrons. The highest BCUT2D eigenvalue weighted by Gasteiger charge is 2.30. The number of urea groups is 1. The van der Waals surface area contributed by atoms with Gasteiger partial charge in [0.2, 0.25) is 5.91 Å². The van der Waals surface area contributed by atoms with Gasteiger partial charge in [0.1, 0.15) is 11.9 Å². The second-order valence-corrected chi connectivity index (χ2v) is 5.70. The van der Waals surface area contributed by atoms with Gasteiger partial charge in [-0.3, -0.25) is 14.9 Å². The first-order valence-corrected chi connectivity index (χ1v) is 7.77. The van der Waals surface area contributed by atoms with E-state index in [0.29, 0.717) is 17.7 Å². The SMILES string of the molecule is O=C(CCc1cccc(F)c1)Nc1cccc(C2NC(=O)NC2=O)c1. The van der Waals surface area contributed by atoms with Crippen LogP contribution in [0.3, 0.4) is 0 Å². The standard InChI is InChI=1S/C18H16FN3O3/c19-13-5-1-3-11(9-13)7-8-15(23)20-14-6-2-4-12(10-14)16-17(24)22-18(25)21-16/h1-6,9-10,16H,7-8H2,(H,20,23)(H2,21,22,24,25). The van der Waals surface area contributed by atoms with E-state index in [4.69, 9.17) is 0 Å². The van der Waals surface area contributed by atoms with Crippen LogP contribution in [0.15, 0.2) is 48.5 Å². The summed E-state index contributed by atoms with van der Waals surface area (Å²) < 4.78 is 13.1. The molecule has 4 amide bonds. The van der Waals surface area contributed by atoms with Crippen LogP contribution < -0.4 is 16.0 Å². The van der Waals surface area contributed by atoms with E-state index in [0.717, 1.165) is 5.56 Å². The van der Waals surface area contributed by atoms with Crippen LogP contribution >= 0.6 is 0 Å². The minimum atomic E-state index is -0.767. The van der Waals surface area contributed by atoms with Crippen LogP contribution in [-0.4, -0.2) is 17.8 Å². The molecule has 0 spiro atoms. The van der Waals surface area contributed by atoms with Crippen molar-refractivity contribution in [2.45, 2.75) is 18.9 Å². The van der Waals surface area contributed by atoms with E-state index in [1.165, 1.54) is 12.1 Å². The second-order valence-electron chi connectivity index (χ2n) is 5.70. The average Bonchev–Trinajstić information content (AvgIpc) is 2.92. The van der Waals surface area contributed by atoms with Crippen LogP contribution in [0.4, 0.5) is 14.9 Å². The lowest BCUT2D eigenvalue weighted by molar-refractivity contribution is -0.120. The highest BCUT2D eigenvalue weighted by atomic mass is 19.1. The highest BCUT2D eigenvalue weighted by Crippen LogP contribution is 2.20. The molecule has 1 atom stereocenters. The third-order valence-corrected chi connectivity index (χ3v) is 3.81. The molecule has 1 aliphatic rings. The molecule has 2 aromatic rings. The summed E-state index contributed by atoms with van der Waals surface area (Å²) in [6, 6.07) is 11.5. The molecule has 1 fully saturated rings. The molecule has 1 aliphatic heterocycles. The van der Waals surface area contributed by atoms with Gasteiger partial charge in [0.15, 0.2) is 0 Å². The Kier molecular flexibility index (Phi) is 4.74. The fraction of sp³-hybridized carbons (Fsp3) is 0.167. The zero-order valence-electron chi connectivity index (χ0n) is 13.2. The van der Waals surface area contributed by atoms with Crippen LogP contribution in [0.2, 0.25) is 0 Å². The summed E-state index contributed by atoms with van der Waals surface area (Å²) in [6.45, 7) is 0. The minimum Gasteiger partial charge on any atom is -0.326 e. The van der Waals surface area contributed by atoms with Crippen molar-refractivity contribution < 1.29 is 18.8 Å². The average molecular weight is 341 g/mol. The summed E-state index contributed by atoms with van der Waals surface area (Å²) in [6.07, 6.45) is 0.624. The van der Waals surface area contributed by atoms with Gasteiger partial charge >= 0.3 is 6.03 Å². The summed E-state index contributed by atoms with van der Waals surface area (Å²) in [5.74, 6) is -0.983. The number of anilines is 1. The van der Waals surface area contributed by atoms with E-state index in [1.54, 1.807) is 36.4 Å². The minimum absolute atomic E-state index is 0.203. The molecule has 1 unspecified atom stereocenters. The molecule has 128 valence electrons. The number of nitrogens with one attached hydrogen (secondary N) is 3. The van der Waals surface area contributed by atoms with Gasteiger partial charge in [-0.05, 0) is 41.8 Å². The van der Waals surface area contributed by atoms with Crippen molar-refractivity contribution in [2.24, 2.45) is 0 Å². The summed E-state index contributed by atoms with van der Waals surface area (Å²) in [4.78, 5) is 35.0. The van der Waals surface area contributed by atoms with Crippen molar-refractivity contribution in [3.05, 3.63) is 65.5 Å². The maximum atomic E-state index is 13.1. The zero-order chi connectivity index (χ0) is 17.8. The molecule has 0 bridgehead atoms. The largest absolute Gasteiger partial charge is 0.326 e. The maximum absolute atomic E-state index is 13.1. The van der Waals surface area contributed by atoms with Gasteiger partial charge in [-0.2, -0.15) is 0 Å². The molecular weight excluding hydrogens is 325 g/mol. The Morgan fingerprint density at radius 2 is 1.92 bits per heavy atom. The Morgan fingerprint density at radius 3 is 2.64 bits per heavy atom. The number of benzene rings is 2. The molecule has 6 nitrogen and oxygen atoms in total. The van der Waals surface area contributed by atoms with Crippen LogP contribution in [-0.2, 0) is 16.0 Å². The third-order valence-electron chi connectivity index (χ3n) is 3.81. The molecule has 3 rings (SSSR count). The molecule has 0 aliphatic carbocycles. The summed E-state index contributed by atoms with van der Waals surface area (Å²) in [5.41, 5.74) is 1.84. The Morgan fingerprint density at radius 1 is 1.12 bits per heavy atom. The summed E-state index contributed by atoms with van der Waals surface area (Å²) in [7, 11) is 0. The third kappa shape index (κ3) is 4.20.